The molecule has 3 aliphatic rings. The van der Waals surface area contributed by atoms with E-state index in [0.29, 0.717) is 15.8 Å². The monoisotopic (exact) mass is 1020 g/mol. The summed E-state index contributed by atoms with van der Waals surface area (Å²) in [7, 11) is 2.39. The van der Waals surface area contributed by atoms with Crippen LogP contribution in [0.15, 0.2) is 85.2 Å². The van der Waals surface area contributed by atoms with Gasteiger partial charge in [0.2, 0.25) is 0 Å². The summed E-state index contributed by atoms with van der Waals surface area (Å²) in [5.41, 5.74) is 0.533. The Morgan fingerprint density at radius 3 is 1.17 bits per heavy atom. The van der Waals surface area contributed by atoms with Gasteiger partial charge in [-0.15, -0.1) is 0 Å². The molecule has 0 bridgehead atoms. The number of nitrogens with zero attached hydrogens (tertiary/aromatic N) is 4. The lowest BCUT2D eigenvalue weighted by molar-refractivity contribution is 0.00578. The topological polar surface area (TPSA) is 109 Å². The zero-order chi connectivity index (χ0) is 46.8. The van der Waals surface area contributed by atoms with Crippen molar-refractivity contribution >= 4 is 94.2 Å². The predicted molar refractivity (Wildman–Crippen MR) is 265 cm³/mol. The Balaban J connectivity index is 0.000000148. The van der Waals surface area contributed by atoms with Crippen LogP contribution in [0.1, 0.15) is 83.1 Å². The van der Waals surface area contributed by atoms with Crippen LogP contribution in [0.3, 0.4) is 0 Å². The van der Waals surface area contributed by atoms with Crippen LogP contribution in [0.4, 0.5) is 0 Å². The van der Waals surface area contributed by atoms with Crippen molar-refractivity contribution in [2.45, 2.75) is 117 Å². The first-order valence-electron chi connectivity index (χ1n) is 21.2. The average Bonchev–Trinajstić information content (AvgIpc) is 3.96. The van der Waals surface area contributed by atoms with E-state index in [1.165, 1.54) is 3.57 Å². The number of aromatic nitrogens is 4. The molecule has 0 unspecified atom stereocenters. The first-order chi connectivity index (χ1) is 29.7. The summed E-state index contributed by atoms with van der Waals surface area (Å²) in [5.74, 6) is 3.00. The van der Waals surface area contributed by atoms with Crippen molar-refractivity contribution in [3.05, 3.63) is 98.8 Å². The molecule has 64 heavy (non-hydrogen) atoms. The molecule has 338 valence electrons. The molecule has 0 saturated carbocycles. The Bertz CT molecular complexity index is 2560. The second-order valence-electron chi connectivity index (χ2n) is 19.2. The minimum atomic E-state index is -0.476. The standard InChI is InChI=1S/C20H22BClN2O3.C14H10ClIN2O.C12H24B2O4/c1-19(2)20(3,4)27-21(26-19)13-6-8-14(9-7-13)25-17-11-10-16(22)18-15(17)12-23-24(18)5;1-18-14-11(8-17-18)13(7-6-12(14)15)19-10-4-2-9(16)3-5-10;1-9(2)10(3,4)16-13(15-9)14-17-11(5,6)12(7,8)18-14/h6-12H,1-5H3;2-8H,1H3;1-8H3. The molecule has 3 fully saturated rings. The molecule has 5 heterocycles. The van der Waals surface area contributed by atoms with Crippen LogP contribution in [0.5, 0.6) is 23.0 Å². The highest BCUT2D eigenvalue weighted by Crippen LogP contribution is 2.43. The van der Waals surface area contributed by atoms with E-state index in [9.17, 15) is 0 Å². The second-order valence-corrected chi connectivity index (χ2v) is 21.3. The molecule has 0 amide bonds. The Morgan fingerprint density at radius 1 is 0.484 bits per heavy atom. The number of halogens is 3. The van der Waals surface area contributed by atoms with E-state index >= 15 is 0 Å². The number of benzene rings is 4. The summed E-state index contributed by atoms with van der Waals surface area (Å²) in [5, 5.41) is 11.6. The van der Waals surface area contributed by atoms with Crippen molar-refractivity contribution in [1.29, 1.82) is 0 Å². The van der Waals surface area contributed by atoms with Gasteiger partial charge in [-0.05, 0) is 172 Å². The van der Waals surface area contributed by atoms with Crippen molar-refractivity contribution in [2.24, 2.45) is 14.1 Å². The fourth-order valence-electron chi connectivity index (χ4n) is 7.04. The lowest BCUT2D eigenvalue weighted by Gasteiger charge is -2.32. The van der Waals surface area contributed by atoms with E-state index in [1.54, 1.807) is 21.8 Å². The largest absolute Gasteiger partial charge is 0.494 e. The van der Waals surface area contributed by atoms with Gasteiger partial charge in [-0.1, -0.05) is 35.3 Å². The molecule has 0 radical (unpaired) electrons. The molecular formula is C46H56B3Cl2IN4O8. The maximum Gasteiger partial charge on any atom is 0.494 e. The van der Waals surface area contributed by atoms with Gasteiger partial charge in [0.25, 0.3) is 0 Å². The van der Waals surface area contributed by atoms with Gasteiger partial charge in [0.05, 0.1) is 77.9 Å². The molecule has 0 aliphatic carbocycles. The molecular weight excluding hydrogens is 967 g/mol. The van der Waals surface area contributed by atoms with Crippen molar-refractivity contribution < 1.29 is 37.4 Å². The molecule has 18 heteroatoms. The first-order valence-corrected chi connectivity index (χ1v) is 23.0. The molecule has 0 spiro atoms. The molecule has 6 aromatic rings. The van der Waals surface area contributed by atoms with Gasteiger partial charge in [0.1, 0.15) is 23.0 Å². The molecule has 0 N–H and O–H groups in total. The molecule has 0 atom stereocenters. The smallest absolute Gasteiger partial charge is 0.457 e. The first kappa shape index (κ1) is 48.6. The van der Waals surface area contributed by atoms with Gasteiger partial charge in [0, 0.05) is 17.7 Å². The van der Waals surface area contributed by atoms with Crippen LogP contribution in [0.25, 0.3) is 21.8 Å². The quantitative estimate of drug-likeness (QED) is 0.118. The zero-order valence-corrected chi connectivity index (χ0v) is 42.7. The van der Waals surface area contributed by atoms with E-state index in [2.05, 4.69) is 32.8 Å². The van der Waals surface area contributed by atoms with Crippen LogP contribution in [0, 0.1) is 3.57 Å². The van der Waals surface area contributed by atoms with E-state index in [0.717, 1.165) is 44.5 Å². The molecule has 9 rings (SSSR count). The summed E-state index contributed by atoms with van der Waals surface area (Å²) in [6.07, 6.45) is 3.53. The number of hydrogen-bond donors (Lipinski definition) is 0. The number of aryl methyl sites for hydroxylation is 2. The summed E-state index contributed by atoms with van der Waals surface area (Å²) in [6.45, 7) is 24.4. The Labute approximate surface area is 401 Å². The lowest BCUT2D eigenvalue weighted by Crippen LogP contribution is -2.41. The number of hydrogen-bond acceptors (Lipinski definition) is 10. The highest BCUT2D eigenvalue weighted by molar-refractivity contribution is 14.1. The van der Waals surface area contributed by atoms with Crippen molar-refractivity contribution in [1.82, 2.24) is 19.6 Å². The second kappa shape index (κ2) is 17.7. The van der Waals surface area contributed by atoms with Gasteiger partial charge in [-0.3, -0.25) is 9.36 Å². The van der Waals surface area contributed by atoms with Crippen LogP contribution >= 0.6 is 45.8 Å². The maximum absolute atomic E-state index is 6.27. The normalized spacial score (nSPS) is 19.9. The number of ether oxygens (including phenoxy) is 2. The summed E-state index contributed by atoms with van der Waals surface area (Å²) < 4.78 is 52.7. The highest BCUT2D eigenvalue weighted by Gasteiger charge is 2.63. The Morgan fingerprint density at radius 2 is 0.812 bits per heavy atom. The Kier molecular flexibility index (Phi) is 13.5. The molecule has 12 nitrogen and oxygen atoms in total. The van der Waals surface area contributed by atoms with Crippen molar-refractivity contribution in [3.63, 3.8) is 0 Å². The van der Waals surface area contributed by atoms with Crippen LogP contribution in [-0.2, 0) is 42.0 Å². The van der Waals surface area contributed by atoms with Gasteiger partial charge in [0.15, 0.2) is 0 Å². The Hall–Kier alpha value is -3.32. The van der Waals surface area contributed by atoms with Gasteiger partial charge in [-0.25, -0.2) is 0 Å². The van der Waals surface area contributed by atoms with Gasteiger partial charge >= 0.3 is 21.1 Å². The predicted octanol–water partition coefficient (Wildman–Crippen LogP) is 11.2. The SMILES string of the molecule is CC1(C)OB(B2OC(C)(C)C(C)(C)O2)OC1(C)C.Cn1ncc2c(Oc3ccc(B4OC(C)(C)C(C)(C)O4)cc3)ccc(Cl)c21.Cn1ncc2c(Oc3ccc(I)cc3)ccc(Cl)c21. The van der Waals surface area contributed by atoms with Crippen LogP contribution in [0.2, 0.25) is 10.0 Å². The van der Waals surface area contributed by atoms with E-state index in [4.69, 9.17) is 60.6 Å². The molecule has 3 aliphatic heterocycles. The number of rotatable bonds is 6. The van der Waals surface area contributed by atoms with E-state index < -0.39 is 14.0 Å². The highest BCUT2D eigenvalue weighted by atomic mass is 127. The van der Waals surface area contributed by atoms with Crippen LogP contribution in [-0.4, -0.2) is 74.3 Å². The van der Waals surface area contributed by atoms with E-state index in [1.807, 2.05) is 170 Å². The van der Waals surface area contributed by atoms with Crippen LogP contribution < -0.4 is 14.9 Å². The summed E-state index contributed by atoms with van der Waals surface area (Å²) in [6, 6.07) is 23.0. The molecule has 3 saturated heterocycles. The average molecular weight is 1020 g/mol. The zero-order valence-electron chi connectivity index (χ0n) is 39.0. The van der Waals surface area contributed by atoms with E-state index in [-0.39, 0.29) is 40.7 Å². The third-order valence-corrected chi connectivity index (χ3v) is 14.4. The maximum atomic E-state index is 6.27. The van der Waals surface area contributed by atoms with Gasteiger partial charge in [-0.2, -0.15) is 10.2 Å². The number of fused-ring (bicyclic) bond motifs is 2. The minimum absolute atomic E-state index is 0.359. The fourth-order valence-corrected chi connectivity index (χ4v) is 7.98. The van der Waals surface area contributed by atoms with Gasteiger partial charge < -0.3 is 37.4 Å². The van der Waals surface area contributed by atoms with Crippen molar-refractivity contribution in [3.8, 4) is 23.0 Å². The van der Waals surface area contributed by atoms with Crippen molar-refractivity contribution in [2.75, 3.05) is 0 Å². The summed E-state index contributed by atoms with van der Waals surface area (Å²) >= 11 is 14.7. The summed E-state index contributed by atoms with van der Waals surface area (Å²) in [4.78, 5) is 0. The molecule has 4 aromatic carbocycles. The lowest BCUT2D eigenvalue weighted by atomic mass is 9.49. The third kappa shape index (κ3) is 9.73. The third-order valence-electron chi connectivity index (χ3n) is 13.1. The molecule has 2 aromatic heterocycles. The fraction of sp³-hybridized carbons (Fsp3) is 0.435. The minimum Gasteiger partial charge on any atom is -0.457 e.